The van der Waals surface area contributed by atoms with E-state index in [-0.39, 0.29) is 17.2 Å². The summed E-state index contributed by atoms with van der Waals surface area (Å²) in [5.74, 6) is -2.13. The van der Waals surface area contributed by atoms with Crippen LogP contribution in [0.3, 0.4) is 0 Å². The Morgan fingerprint density at radius 3 is 2.77 bits per heavy atom. The minimum absolute atomic E-state index is 0.0382. The van der Waals surface area contributed by atoms with Crippen molar-refractivity contribution in [2.75, 3.05) is 18.0 Å². The Morgan fingerprint density at radius 2 is 2.03 bits per heavy atom. The molecule has 2 aromatic heterocycles. The van der Waals surface area contributed by atoms with E-state index in [4.69, 9.17) is 16.0 Å². The van der Waals surface area contributed by atoms with Crippen molar-refractivity contribution in [1.82, 2.24) is 10.3 Å². The number of amides is 1. The third kappa shape index (κ3) is 3.40. The van der Waals surface area contributed by atoms with Crippen molar-refractivity contribution in [1.29, 1.82) is 0 Å². The monoisotopic (exact) mass is 439 g/mol. The van der Waals surface area contributed by atoms with Crippen LogP contribution in [-0.4, -0.2) is 30.0 Å². The zero-order valence-electron chi connectivity index (χ0n) is 15.6. The third-order valence-corrected chi connectivity index (χ3v) is 6.04. The number of hydrogen-bond acceptors (Lipinski definition) is 5. The summed E-state index contributed by atoms with van der Waals surface area (Å²) < 4.78 is 48.4. The van der Waals surface area contributed by atoms with Gasteiger partial charge in [-0.05, 0) is 49.6 Å². The third-order valence-electron chi connectivity index (χ3n) is 5.81. The second kappa shape index (κ2) is 6.66. The van der Waals surface area contributed by atoms with Gasteiger partial charge in [0, 0.05) is 29.6 Å². The lowest BCUT2D eigenvalue weighted by Gasteiger charge is -2.47. The van der Waals surface area contributed by atoms with Gasteiger partial charge in [-0.15, -0.1) is 0 Å². The summed E-state index contributed by atoms with van der Waals surface area (Å²) in [5.41, 5.74) is 1.41. The van der Waals surface area contributed by atoms with Gasteiger partial charge in [0.2, 0.25) is 5.76 Å². The molecular weight excluding hydrogens is 423 g/mol. The molecule has 1 saturated heterocycles. The van der Waals surface area contributed by atoms with Crippen LogP contribution < -0.4 is 10.2 Å². The molecule has 1 spiro atoms. The molecule has 1 unspecified atom stereocenters. The van der Waals surface area contributed by atoms with Crippen LogP contribution in [0.25, 0.3) is 11.1 Å². The van der Waals surface area contributed by atoms with Gasteiger partial charge in [0.05, 0.1) is 0 Å². The van der Waals surface area contributed by atoms with Gasteiger partial charge in [0.15, 0.2) is 11.3 Å². The number of carbonyl (C=O) groups excluding carboxylic acids is 1. The highest BCUT2D eigenvalue weighted by atomic mass is 35.5. The number of carbonyl (C=O) groups is 1. The van der Waals surface area contributed by atoms with E-state index >= 15 is 0 Å². The van der Waals surface area contributed by atoms with Crippen LogP contribution in [0, 0.1) is 5.41 Å². The summed E-state index contributed by atoms with van der Waals surface area (Å²) in [4.78, 5) is 18.8. The number of fused-ring (bicyclic) bond motifs is 1. The Bertz CT molecular complexity index is 1120. The Hall–Kier alpha value is -2.68. The zero-order chi connectivity index (χ0) is 21.1. The smallest absolute Gasteiger partial charge is 0.446 e. The summed E-state index contributed by atoms with van der Waals surface area (Å²) in [7, 11) is 0. The highest BCUT2D eigenvalue weighted by molar-refractivity contribution is 6.31. The summed E-state index contributed by atoms with van der Waals surface area (Å²) in [6, 6.07) is 7.53. The summed E-state index contributed by atoms with van der Waals surface area (Å²) in [6.45, 7) is 1.50. The van der Waals surface area contributed by atoms with Gasteiger partial charge >= 0.3 is 6.18 Å². The van der Waals surface area contributed by atoms with Crippen LogP contribution in [0.2, 0.25) is 5.02 Å². The quantitative estimate of drug-likeness (QED) is 0.629. The number of oxazole rings is 1. The predicted molar refractivity (Wildman–Crippen MR) is 102 cm³/mol. The lowest BCUT2D eigenvalue weighted by molar-refractivity contribution is -0.153. The Kier molecular flexibility index (Phi) is 4.29. The molecule has 1 saturated carbocycles. The fourth-order valence-electron chi connectivity index (χ4n) is 4.41. The number of anilines is 1. The van der Waals surface area contributed by atoms with Crippen molar-refractivity contribution in [3.63, 3.8) is 0 Å². The number of nitrogens with zero attached hydrogens (tertiary/aromatic N) is 2. The maximum Gasteiger partial charge on any atom is 0.449 e. The molecule has 1 aliphatic carbocycles. The number of furan rings is 1. The minimum atomic E-state index is -4.61. The molecule has 2 fully saturated rings. The lowest BCUT2D eigenvalue weighted by Crippen LogP contribution is -2.56. The van der Waals surface area contributed by atoms with Crippen molar-refractivity contribution in [3.05, 3.63) is 46.9 Å². The Balaban J connectivity index is 1.19. The van der Waals surface area contributed by atoms with Gasteiger partial charge in [-0.2, -0.15) is 18.2 Å². The predicted octanol–water partition coefficient (Wildman–Crippen LogP) is 4.88. The van der Waals surface area contributed by atoms with E-state index in [0.29, 0.717) is 22.1 Å². The molecule has 30 heavy (non-hydrogen) atoms. The maximum absolute atomic E-state index is 12.6. The maximum atomic E-state index is 12.6. The van der Waals surface area contributed by atoms with Crippen LogP contribution in [0.5, 0.6) is 0 Å². The minimum Gasteiger partial charge on any atom is -0.446 e. The lowest BCUT2D eigenvalue weighted by atomic mass is 9.78. The molecule has 2 aliphatic rings. The molecule has 3 aromatic rings. The van der Waals surface area contributed by atoms with Gasteiger partial charge < -0.3 is 19.1 Å². The molecule has 1 amide bonds. The first-order chi connectivity index (χ1) is 14.2. The van der Waals surface area contributed by atoms with E-state index in [9.17, 15) is 18.0 Å². The van der Waals surface area contributed by atoms with Gasteiger partial charge in [-0.3, -0.25) is 4.79 Å². The highest BCUT2D eigenvalue weighted by Gasteiger charge is 2.49. The van der Waals surface area contributed by atoms with Crippen LogP contribution >= 0.6 is 11.6 Å². The molecule has 0 radical (unpaired) electrons. The average Bonchev–Trinajstić information content (AvgIpc) is 3.37. The molecule has 3 heterocycles. The molecule has 6 nitrogen and oxygen atoms in total. The molecule has 0 bridgehead atoms. The van der Waals surface area contributed by atoms with Crippen LogP contribution in [0.1, 0.15) is 35.6 Å². The van der Waals surface area contributed by atoms with E-state index in [2.05, 4.69) is 14.7 Å². The number of halogens is 4. The Morgan fingerprint density at radius 1 is 1.23 bits per heavy atom. The van der Waals surface area contributed by atoms with E-state index in [1.54, 1.807) is 18.2 Å². The Labute approximate surface area is 174 Å². The van der Waals surface area contributed by atoms with Gasteiger partial charge in [0.25, 0.3) is 11.9 Å². The van der Waals surface area contributed by atoms with E-state index < -0.39 is 17.8 Å². The first kappa shape index (κ1) is 19.3. The SMILES string of the molecule is O=C(NC1CCC2(C1)CN(c1nc3cc(Cl)ccc3o1)C2)c1ccc(C(F)(F)F)o1. The van der Waals surface area contributed by atoms with Gasteiger partial charge in [-0.25, -0.2) is 0 Å². The molecule has 1 aliphatic heterocycles. The standard InChI is InChI=1S/C20H17ClF3N3O3/c21-11-1-2-14-13(7-11)26-18(30-14)27-9-19(10-27)6-5-12(8-19)25-17(28)15-3-4-16(29-15)20(22,23)24/h1-4,7,12H,5-6,8-10H2,(H,25,28). The van der Waals surface area contributed by atoms with Crippen molar-refractivity contribution in [2.45, 2.75) is 31.5 Å². The highest BCUT2D eigenvalue weighted by Crippen LogP contribution is 2.47. The van der Waals surface area contributed by atoms with Crippen molar-refractivity contribution in [2.24, 2.45) is 5.41 Å². The second-order valence-corrected chi connectivity index (χ2v) is 8.48. The topological polar surface area (TPSA) is 71.5 Å². The molecule has 1 aromatic carbocycles. The fraction of sp³-hybridized carbons (Fsp3) is 0.400. The van der Waals surface area contributed by atoms with E-state index in [1.807, 2.05) is 4.90 Å². The number of alkyl halides is 3. The summed E-state index contributed by atoms with van der Waals surface area (Å²) in [6.07, 6.45) is -2.20. The van der Waals surface area contributed by atoms with Crippen molar-refractivity contribution in [3.8, 4) is 0 Å². The second-order valence-electron chi connectivity index (χ2n) is 8.04. The molecule has 1 atom stereocenters. The zero-order valence-corrected chi connectivity index (χ0v) is 16.4. The summed E-state index contributed by atoms with van der Waals surface area (Å²) in [5, 5.41) is 3.39. The van der Waals surface area contributed by atoms with Crippen molar-refractivity contribution >= 4 is 34.6 Å². The van der Waals surface area contributed by atoms with E-state index in [1.165, 1.54) is 0 Å². The van der Waals surface area contributed by atoms with Gasteiger partial charge in [0.1, 0.15) is 5.52 Å². The van der Waals surface area contributed by atoms with Gasteiger partial charge in [-0.1, -0.05) is 11.6 Å². The molecule has 5 rings (SSSR count). The van der Waals surface area contributed by atoms with Crippen LogP contribution in [0.15, 0.2) is 39.2 Å². The molecule has 158 valence electrons. The number of benzene rings is 1. The molecule has 10 heteroatoms. The normalized spacial score (nSPS) is 20.7. The fourth-order valence-corrected chi connectivity index (χ4v) is 4.58. The average molecular weight is 440 g/mol. The first-order valence-electron chi connectivity index (χ1n) is 9.50. The number of nitrogens with one attached hydrogen (secondary N) is 1. The number of rotatable bonds is 3. The molecule has 1 N–H and O–H groups in total. The van der Waals surface area contributed by atoms with Crippen LogP contribution in [0.4, 0.5) is 19.2 Å². The number of hydrogen-bond donors (Lipinski definition) is 1. The molecular formula is C20H17ClF3N3O3. The van der Waals surface area contributed by atoms with Crippen LogP contribution in [-0.2, 0) is 6.18 Å². The van der Waals surface area contributed by atoms with Crippen molar-refractivity contribution < 1.29 is 26.8 Å². The van der Waals surface area contributed by atoms with E-state index in [0.717, 1.165) is 44.5 Å². The summed E-state index contributed by atoms with van der Waals surface area (Å²) >= 11 is 5.99. The first-order valence-corrected chi connectivity index (χ1v) is 9.88. The largest absolute Gasteiger partial charge is 0.449 e. The number of aromatic nitrogens is 1.